The fraction of sp³-hybridized carbons (Fsp3) is 0.750. The van der Waals surface area contributed by atoms with Crippen LogP contribution in [0.5, 0.6) is 0 Å². The van der Waals surface area contributed by atoms with E-state index in [1.165, 1.54) is 4.88 Å². The maximum absolute atomic E-state index is 6.33. The topological polar surface area (TPSA) is 42.1 Å². The first-order valence-corrected chi connectivity index (χ1v) is 6.78. The van der Waals surface area contributed by atoms with E-state index in [2.05, 4.69) is 37.6 Å². The van der Waals surface area contributed by atoms with E-state index >= 15 is 0 Å². The van der Waals surface area contributed by atoms with Crippen molar-refractivity contribution in [1.82, 2.24) is 9.88 Å². The molecular weight excluding hydrogens is 218 g/mol. The van der Waals surface area contributed by atoms with Gasteiger partial charge >= 0.3 is 0 Å². The number of nitrogens with zero attached hydrogens (tertiary/aromatic N) is 2. The van der Waals surface area contributed by atoms with Gasteiger partial charge in [0.05, 0.1) is 5.51 Å². The molecule has 92 valence electrons. The van der Waals surface area contributed by atoms with Crippen molar-refractivity contribution in [2.45, 2.75) is 45.7 Å². The lowest BCUT2D eigenvalue weighted by molar-refractivity contribution is 0.107. The number of rotatable bonds is 6. The van der Waals surface area contributed by atoms with Gasteiger partial charge in [-0.15, -0.1) is 11.3 Å². The highest BCUT2D eigenvalue weighted by atomic mass is 32.1. The number of likely N-dealkylation sites (N-methyl/N-ethyl adjacent to an activating group) is 1. The fourth-order valence-corrected chi connectivity index (χ4v) is 2.74. The lowest BCUT2D eigenvalue weighted by atomic mass is 9.90. The summed E-state index contributed by atoms with van der Waals surface area (Å²) in [7, 11) is 0. The summed E-state index contributed by atoms with van der Waals surface area (Å²) >= 11 is 1.68. The first-order chi connectivity index (χ1) is 7.52. The van der Waals surface area contributed by atoms with E-state index in [0.29, 0.717) is 0 Å². The number of nitrogens with two attached hydrogens (primary N) is 1. The van der Waals surface area contributed by atoms with E-state index in [1.54, 1.807) is 11.3 Å². The van der Waals surface area contributed by atoms with Crippen LogP contribution in [0.15, 0.2) is 11.7 Å². The summed E-state index contributed by atoms with van der Waals surface area (Å²) in [5.74, 6) is 0. The molecule has 1 rings (SSSR count). The second kappa shape index (κ2) is 5.75. The third-order valence-electron chi connectivity index (χ3n) is 3.39. The molecule has 0 aliphatic carbocycles. The van der Waals surface area contributed by atoms with Gasteiger partial charge in [0.1, 0.15) is 0 Å². The number of thiazole rings is 1. The average molecular weight is 241 g/mol. The zero-order valence-electron chi connectivity index (χ0n) is 10.7. The van der Waals surface area contributed by atoms with Gasteiger partial charge < -0.3 is 5.73 Å². The van der Waals surface area contributed by atoms with Crippen LogP contribution in [0.3, 0.4) is 0 Å². The summed E-state index contributed by atoms with van der Waals surface area (Å²) < 4.78 is 0. The molecule has 1 unspecified atom stereocenters. The Labute approximate surface area is 103 Å². The minimum atomic E-state index is 0.0352. The molecule has 0 amide bonds. The molecule has 0 radical (unpaired) electrons. The first-order valence-electron chi connectivity index (χ1n) is 5.90. The number of hydrogen-bond acceptors (Lipinski definition) is 4. The smallest absolute Gasteiger partial charge is 0.0794 e. The van der Waals surface area contributed by atoms with Crippen molar-refractivity contribution in [1.29, 1.82) is 0 Å². The molecule has 1 atom stereocenters. The van der Waals surface area contributed by atoms with Crippen molar-refractivity contribution in [3.63, 3.8) is 0 Å². The van der Waals surface area contributed by atoms with E-state index in [1.807, 2.05) is 11.7 Å². The van der Waals surface area contributed by atoms with E-state index in [0.717, 1.165) is 19.5 Å². The normalized spacial score (nSPS) is 14.4. The molecule has 4 heteroatoms. The third kappa shape index (κ3) is 3.03. The molecule has 1 heterocycles. The van der Waals surface area contributed by atoms with Gasteiger partial charge in [0.15, 0.2) is 0 Å². The van der Waals surface area contributed by atoms with E-state index in [4.69, 9.17) is 5.73 Å². The summed E-state index contributed by atoms with van der Waals surface area (Å²) in [5.41, 5.74) is 8.23. The first kappa shape index (κ1) is 13.6. The monoisotopic (exact) mass is 241 g/mol. The molecule has 0 aliphatic heterocycles. The minimum absolute atomic E-state index is 0.0352. The van der Waals surface area contributed by atoms with Crippen LogP contribution in [0.25, 0.3) is 0 Å². The Kier molecular flexibility index (Phi) is 4.89. The Balaban J connectivity index is 2.67. The van der Waals surface area contributed by atoms with Crippen molar-refractivity contribution < 1.29 is 0 Å². The molecule has 0 saturated carbocycles. The molecule has 1 aromatic rings. The molecule has 3 nitrogen and oxygen atoms in total. The molecule has 2 N–H and O–H groups in total. The van der Waals surface area contributed by atoms with Gasteiger partial charge in [-0.1, -0.05) is 13.8 Å². The second-order valence-electron chi connectivity index (χ2n) is 4.60. The maximum Gasteiger partial charge on any atom is 0.0794 e. The highest BCUT2D eigenvalue weighted by molar-refractivity contribution is 7.09. The van der Waals surface area contributed by atoms with Crippen molar-refractivity contribution in [3.05, 3.63) is 16.6 Å². The number of aromatic nitrogens is 1. The Morgan fingerprint density at radius 3 is 2.50 bits per heavy atom. The minimum Gasteiger partial charge on any atom is -0.326 e. The summed E-state index contributed by atoms with van der Waals surface area (Å²) in [4.78, 5) is 7.78. The van der Waals surface area contributed by atoms with Crippen LogP contribution in [0, 0.1) is 0 Å². The molecule has 0 spiro atoms. The van der Waals surface area contributed by atoms with E-state index in [-0.39, 0.29) is 11.6 Å². The average Bonchev–Trinajstić information content (AvgIpc) is 2.71. The Bertz CT molecular complexity index is 291. The van der Waals surface area contributed by atoms with Gasteiger partial charge in [0.25, 0.3) is 0 Å². The van der Waals surface area contributed by atoms with Crippen molar-refractivity contribution in [3.8, 4) is 0 Å². The Morgan fingerprint density at radius 1 is 1.44 bits per heavy atom. The predicted molar refractivity (Wildman–Crippen MR) is 70.8 cm³/mol. The van der Waals surface area contributed by atoms with Gasteiger partial charge in [-0.3, -0.25) is 9.88 Å². The quantitative estimate of drug-likeness (QED) is 0.829. The molecule has 0 saturated heterocycles. The zero-order valence-corrected chi connectivity index (χ0v) is 11.5. The number of hydrogen-bond donors (Lipinski definition) is 1. The molecule has 1 aromatic heterocycles. The molecule has 0 aromatic carbocycles. The van der Waals surface area contributed by atoms with Crippen LogP contribution in [0.1, 0.15) is 32.6 Å². The summed E-state index contributed by atoms with van der Waals surface area (Å²) in [5, 5.41) is 0. The SMILES string of the molecule is CCN(CC)C(C)(C)C(N)Cc1cncs1. The molecule has 0 aliphatic rings. The lowest BCUT2D eigenvalue weighted by Crippen LogP contribution is -2.56. The van der Waals surface area contributed by atoms with Crippen LogP contribution in [-0.2, 0) is 6.42 Å². The molecular formula is C12H23N3S. The van der Waals surface area contributed by atoms with Crippen LogP contribution >= 0.6 is 11.3 Å². The summed E-state index contributed by atoms with van der Waals surface area (Å²) in [6.45, 7) is 10.9. The standard InChI is InChI=1S/C12H23N3S/c1-5-15(6-2)12(3,4)11(13)7-10-8-14-9-16-10/h8-9,11H,5-7,13H2,1-4H3. The van der Waals surface area contributed by atoms with Gasteiger partial charge in [-0.05, 0) is 26.9 Å². The second-order valence-corrected chi connectivity index (χ2v) is 5.58. The highest BCUT2D eigenvalue weighted by Crippen LogP contribution is 2.21. The Morgan fingerprint density at radius 2 is 2.06 bits per heavy atom. The molecule has 0 bridgehead atoms. The largest absolute Gasteiger partial charge is 0.326 e. The summed E-state index contributed by atoms with van der Waals surface area (Å²) in [6, 6.07) is 0.146. The van der Waals surface area contributed by atoms with E-state index < -0.39 is 0 Å². The van der Waals surface area contributed by atoms with Crippen LogP contribution in [-0.4, -0.2) is 34.6 Å². The highest BCUT2D eigenvalue weighted by Gasteiger charge is 2.31. The van der Waals surface area contributed by atoms with Gasteiger partial charge in [0, 0.05) is 29.1 Å². The Hall–Kier alpha value is -0.450. The van der Waals surface area contributed by atoms with Gasteiger partial charge in [0.2, 0.25) is 0 Å². The van der Waals surface area contributed by atoms with Crippen molar-refractivity contribution in [2.24, 2.45) is 5.73 Å². The van der Waals surface area contributed by atoms with E-state index in [9.17, 15) is 0 Å². The van der Waals surface area contributed by atoms with Gasteiger partial charge in [-0.2, -0.15) is 0 Å². The zero-order chi connectivity index (χ0) is 12.2. The molecule has 16 heavy (non-hydrogen) atoms. The van der Waals surface area contributed by atoms with Crippen molar-refractivity contribution in [2.75, 3.05) is 13.1 Å². The van der Waals surface area contributed by atoms with Crippen LogP contribution in [0.2, 0.25) is 0 Å². The maximum atomic E-state index is 6.33. The van der Waals surface area contributed by atoms with Gasteiger partial charge in [-0.25, -0.2) is 0 Å². The third-order valence-corrected chi connectivity index (χ3v) is 4.19. The van der Waals surface area contributed by atoms with Crippen LogP contribution < -0.4 is 5.73 Å². The lowest BCUT2D eigenvalue weighted by Gasteiger charge is -2.41. The molecule has 0 fully saturated rings. The van der Waals surface area contributed by atoms with Crippen molar-refractivity contribution >= 4 is 11.3 Å². The summed E-state index contributed by atoms with van der Waals surface area (Å²) in [6.07, 6.45) is 2.83. The predicted octanol–water partition coefficient (Wildman–Crippen LogP) is 2.13. The fourth-order valence-electron chi connectivity index (χ4n) is 2.08. The van der Waals surface area contributed by atoms with Crippen LogP contribution in [0.4, 0.5) is 0 Å².